The minimum atomic E-state index is 0.0970. The smallest absolute Gasteiger partial charge is 0.0767 e. The quantitative estimate of drug-likeness (QED) is 0.566. The van der Waals surface area contributed by atoms with Gasteiger partial charge in [0, 0.05) is 25.8 Å². The molecule has 1 aromatic rings. The fourth-order valence-electron chi connectivity index (χ4n) is 2.32. The van der Waals surface area contributed by atoms with Crippen molar-refractivity contribution >= 4 is 0 Å². The van der Waals surface area contributed by atoms with Crippen LogP contribution in [0, 0.1) is 12.8 Å². The Balaban J connectivity index is 2.79. The molecule has 0 bridgehead atoms. The summed E-state index contributed by atoms with van der Waals surface area (Å²) < 4.78 is 7.71. The zero-order valence-corrected chi connectivity index (χ0v) is 12.1. The lowest BCUT2D eigenvalue weighted by atomic mass is 9.96. The molecule has 0 radical (unpaired) electrons. The van der Waals surface area contributed by atoms with Gasteiger partial charge in [0.1, 0.15) is 0 Å². The number of hydrogen-bond donors (Lipinski definition) is 2. The first-order valence-electron chi connectivity index (χ1n) is 6.56. The van der Waals surface area contributed by atoms with E-state index in [1.807, 2.05) is 25.6 Å². The van der Waals surface area contributed by atoms with Gasteiger partial charge in [-0.3, -0.25) is 16.0 Å². The molecule has 0 aliphatic heterocycles. The van der Waals surface area contributed by atoms with Crippen LogP contribution in [0.25, 0.3) is 0 Å². The highest BCUT2D eigenvalue weighted by Gasteiger charge is 2.25. The highest BCUT2D eigenvalue weighted by Crippen LogP contribution is 2.15. The van der Waals surface area contributed by atoms with E-state index < -0.39 is 0 Å². The van der Waals surface area contributed by atoms with Crippen LogP contribution < -0.4 is 11.3 Å². The lowest BCUT2D eigenvalue weighted by Gasteiger charge is -2.29. The van der Waals surface area contributed by atoms with E-state index in [2.05, 4.69) is 30.4 Å². The van der Waals surface area contributed by atoms with Crippen LogP contribution in [0.3, 0.4) is 0 Å². The van der Waals surface area contributed by atoms with E-state index in [1.54, 1.807) is 0 Å². The number of rotatable bonds is 7. The minimum absolute atomic E-state index is 0.0970. The summed E-state index contributed by atoms with van der Waals surface area (Å²) >= 11 is 0. The summed E-state index contributed by atoms with van der Waals surface area (Å²) in [5, 5.41) is 4.36. The van der Waals surface area contributed by atoms with Crippen molar-refractivity contribution in [3.8, 4) is 0 Å². The van der Waals surface area contributed by atoms with Gasteiger partial charge in [0.05, 0.1) is 17.8 Å². The van der Waals surface area contributed by atoms with Crippen molar-refractivity contribution in [3.05, 3.63) is 17.5 Å². The second-order valence-corrected chi connectivity index (χ2v) is 5.04. The van der Waals surface area contributed by atoms with Crippen LogP contribution in [-0.4, -0.2) is 28.5 Å². The van der Waals surface area contributed by atoms with Crippen molar-refractivity contribution in [3.63, 3.8) is 0 Å². The third-order valence-corrected chi connectivity index (χ3v) is 3.15. The van der Waals surface area contributed by atoms with Gasteiger partial charge in [0.2, 0.25) is 0 Å². The van der Waals surface area contributed by atoms with Gasteiger partial charge in [-0.25, -0.2) is 0 Å². The maximum absolute atomic E-state index is 5.80. The maximum atomic E-state index is 5.80. The second kappa shape index (κ2) is 6.87. The molecule has 104 valence electrons. The number of hydrazine groups is 1. The Morgan fingerprint density at radius 2 is 2.17 bits per heavy atom. The molecule has 0 spiro atoms. The van der Waals surface area contributed by atoms with Crippen molar-refractivity contribution in [2.24, 2.45) is 18.8 Å². The molecule has 0 saturated carbocycles. The molecule has 0 amide bonds. The monoisotopic (exact) mass is 254 g/mol. The first-order valence-corrected chi connectivity index (χ1v) is 6.56. The number of ether oxygens (including phenoxy) is 1. The minimum Gasteiger partial charge on any atom is -0.377 e. The van der Waals surface area contributed by atoms with Crippen molar-refractivity contribution < 1.29 is 4.74 Å². The summed E-state index contributed by atoms with van der Waals surface area (Å²) in [4.78, 5) is 0. The number of nitrogens with zero attached hydrogens (tertiary/aromatic N) is 2. The number of hydrogen-bond acceptors (Lipinski definition) is 4. The molecule has 3 N–H and O–H groups in total. The van der Waals surface area contributed by atoms with Gasteiger partial charge in [-0.2, -0.15) is 5.10 Å². The summed E-state index contributed by atoms with van der Waals surface area (Å²) in [6, 6.07) is 2.19. The molecule has 18 heavy (non-hydrogen) atoms. The van der Waals surface area contributed by atoms with Crippen molar-refractivity contribution in [2.75, 3.05) is 6.61 Å². The predicted octanol–water partition coefficient (Wildman–Crippen LogP) is 1.16. The zero-order valence-electron chi connectivity index (χ0n) is 12.1. The van der Waals surface area contributed by atoms with Gasteiger partial charge in [0.15, 0.2) is 0 Å². The Morgan fingerprint density at radius 3 is 2.56 bits per heavy atom. The van der Waals surface area contributed by atoms with E-state index in [9.17, 15) is 0 Å². The van der Waals surface area contributed by atoms with Crippen LogP contribution in [0.15, 0.2) is 6.07 Å². The average Bonchev–Trinajstić information content (AvgIpc) is 2.61. The molecule has 0 aliphatic carbocycles. The van der Waals surface area contributed by atoms with Gasteiger partial charge in [-0.15, -0.1) is 0 Å². The molecule has 2 atom stereocenters. The molecular formula is C13H26N4O. The molecule has 1 rings (SSSR count). The Hall–Kier alpha value is -0.910. The van der Waals surface area contributed by atoms with Crippen LogP contribution in [0.2, 0.25) is 0 Å². The van der Waals surface area contributed by atoms with E-state index in [4.69, 9.17) is 10.6 Å². The molecule has 5 nitrogen and oxygen atoms in total. The highest BCUT2D eigenvalue weighted by molar-refractivity contribution is 5.10. The number of aromatic nitrogens is 2. The first kappa shape index (κ1) is 15.1. The molecule has 1 aromatic heterocycles. The van der Waals surface area contributed by atoms with Crippen molar-refractivity contribution in [1.82, 2.24) is 15.2 Å². The van der Waals surface area contributed by atoms with Gasteiger partial charge >= 0.3 is 0 Å². The summed E-state index contributed by atoms with van der Waals surface area (Å²) in [5.74, 6) is 6.10. The summed E-state index contributed by atoms with van der Waals surface area (Å²) in [6.07, 6.45) is 0.923. The molecule has 0 aromatic carbocycles. The highest BCUT2D eigenvalue weighted by atomic mass is 16.5. The van der Waals surface area contributed by atoms with E-state index in [1.165, 1.54) is 5.69 Å². The van der Waals surface area contributed by atoms with E-state index in [0.717, 1.165) is 12.1 Å². The Morgan fingerprint density at radius 1 is 1.50 bits per heavy atom. The van der Waals surface area contributed by atoms with Crippen LogP contribution in [-0.2, 0) is 18.2 Å². The molecule has 1 heterocycles. The largest absolute Gasteiger partial charge is 0.377 e. The first-order chi connectivity index (χ1) is 8.49. The standard InChI is InChI=1S/C13H26N4O/c1-6-18-13(9(2)3)12(15-14)8-11-7-10(4)16-17(11)5/h7,9,12-13,15H,6,8,14H2,1-5H3. The maximum Gasteiger partial charge on any atom is 0.0767 e. The molecule has 5 heteroatoms. The Bertz CT molecular complexity index is 362. The lowest BCUT2D eigenvalue weighted by molar-refractivity contribution is 0.00316. The number of aryl methyl sites for hydroxylation is 2. The third kappa shape index (κ3) is 3.80. The lowest BCUT2D eigenvalue weighted by Crippen LogP contribution is -2.49. The van der Waals surface area contributed by atoms with Gasteiger partial charge in [-0.1, -0.05) is 13.8 Å². The summed E-state index contributed by atoms with van der Waals surface area (Å²) in [5.41, 5.74) is 5.08. The van der Waals surface area contributed by atoms with Crippen molar-refractivity contribution in [1.29, 1.82) is 0 Å². The van der Waals surface area contributed by atoms with Gasteiger partial charge in [0.25, 0.3) is 0 Å². The molecule has 0 aliphatic rings. The van der Waals surface area contributed by atoms with E-state index in [-0.39, 0.29) is 12.1 Å². The average molecular weight is 254 g/mol. The zero-order chi connectivity index (χ0) is 13.7. The topological polar surface area (TPSA) is 65.1 Å². The molecule has 0 saturated heterocycles. The fraction of sp³-hybridized carbons (Fsp3) is 0.769. The van der Waals surface area contributed by atoms with E-state index >= 15 is 0 Å². The Kier molecular flexibility index (Phi) is 5.78. The third-order valence-electron chi connectivity index (χ3n) is 3.15. The number of nitrogens with one attached hydrogen (secondary N) is 1. The predicted molar refractivity (Wildman–Crippen MR) is 73.0 cm³/mol. The fourth-order valence-corrected chi connectivity index (χ4v) is 2.32. The summed E-state index contributed by atoms with van der Waals surface area (Å²) in [7, 11) is 1.96. The van der Waals surface area contributed by atoms with Gasteiger partial charge in [-0.05, 0) is 25.8 Å². The van der Waals surface area contributed by atoms with E-state index in [0.29, 0.717) is 12.5 Å². The summed E-state index contributed by atoms with van der Waals surface area (Å²) in [6.45, 7) is 9.01. The SMILES string of the molecule is CCOC(C(C)C)C(Cc1cc(C)nn1C)NN. The second-order valence-electron chi connectivity index (χ2n) is 5.04. The normalized spacial score (nSPS) is 15.1. The van der Waals surface area contributed by atoms with Crippen LogP contribution >= 0.6 is 0 Å². The van der Waals surface area contributed by atoms with Crippen LogP contribution in [0.1, 0.15) is 32.2 Å². The number of nitrogens with two attached hydrogens (primary N) is 1. The molecular weight excluding hydrogens is 228 g/mol. The van der Waals surface area contributed by atoms with Gasteiger partial charge < -0.3 is 4.74 Å². The Labute approximate surface area is 110 Å². The van der Waals surface area contributed by atoms with Crippen LogP contribution in [0.5, 0.6) is 0 Å². The molecule has 2 unspecified atom stereocenters. The van der Waals surface area contributed by atoms with Crippen LogP contribution in [0.4, 0.5) is 0 Å². The van der Waals surface area contributed by atoms with Crippen molar-refractivity contribution in [2.45, 2.75) is 46.3 Å². The molecule has 0 fully saturated rings.